The molecule has 2 aromatic rings. The Labute approximate surface area is 163 Å². The highest BCUT2D eigenvalue weighted by molar-refractivity contribution is 7.86. The van der Waals surface area contributed by atoms with Gasteiger partial charge in [-0.15, -0.1) is 0 Å². The summed E-state index contributed by atoms with van der Waals surface area (Å²) < 4.78 is 55.0. The van der Waals surface area contributed by atoms with Crippen molar-refractivity contribution in [1.29, 1.82) is 0 Å². The van der Waals surface area contributed by atoms with Crippen molar-refractivity contribution in [1.82, 2.24) is 0 Å². The lowest BCUT2D eigenvalue weighted by atomic mass is 10.1. The summed E-state index contributed by atoms with van der Waals surface area (Å²) in [6, 6.07) is 8.09. The van der Waals surface area contributed by atoms with Gasteiger partial charge in [-0.05, 0) is 61.4 Å². The van der Waals surface area contributed by atoms with E-state index in [1.54, 1.807) is 26.0 Å². The van der Waals surface area contributed by atoms with E-state index in [1.165, 1.54) is 29.2 Å². The summed E-state index contributed by atoms with van der Waals surface area (Å²) in [5.74, 6) is 0.257. The number of nitrogens with two attached hydrogens (primary N) is 1. The van der Waals surface area contributed by atoms with Crippen molar-refractivity contribution in [3.8, 4) is 11.5 Å². The lowest BCUT2D eigenvalue weighted by molar-refractivity contribution is 0.256. The van der Waals surface area contributed by atoms with Crippen molar-refractivity contribution in [2.75, 3.05) is 17.4 Å². The van der Waals surface area contributed by atoms with E-state index >= 15 is 0 Å². The summed E-state index contributed by atoms with van der Waals surface area (Å²) in [5, 5.41) is 0. The number of carbonyl (C=O) groups is 1. The number of nitrogens with zero attached hydrogens (tertiary/aromatic N) is 1. The molecule has 2 N–H and O–H groups in total. The van der Waals surface area contributed by atoms with E-state index in [1.807, 2.05) is 0 Å². The Bertz CT molecular complexity index is 1040. The molecule has 0 saturated heterocycles. The van der Waals surface area contributed by atoms with E-state index in [0.717, 1.165) is 12.5 Å². The van der Waals surface area contributed by atoms with E-state index in [-0.39, 0.29) is 11.5 Å². The van der Waals surface area contributed by atoms with E-state index in [2.05, 4.69) is 0 Å². The van der Waals surface area contributed by atoms with Gasteiger partial charge < -0.3 is 14.1 Å². The van der Waals surface area contributed by atoms with Crippen molar-refractivity contribution < 1.29 is 30.0 Å². The number of hydrogen-bond acceptors (Lipinski definition) is 7. The minimum atomic E-state index is -3.69. The van der Waals surface area contributed by atoms with E-state index in [9.17, 15) is 21.6 Å². The Morgan fingerprint density at radius 3 is 1.43 bits per heavy atom. The van der Waals surface area contributed by atoms with Crippen LogP contribution >= 0.6 is 0 Å². The van der Waals surface area contributed by atoms with Crippen LogP contribution in [0, 0.1) is 13.8 Å². The molecule has 0 aromatic heterocycles. The summed E-state index contributed by atoms with van der Waals surface area (Å²) in [4.78, 5) is 13.2. The lowest BCUT2D eigenvalue weighted by Gasteiger charge is -2.22. The van der Waals surface area contributed by atoms with Crippen LogP contribution in [-0.4, -0.2) is 35.4 Å². The highest BCUT2D eigenvalue weighted by atomic mass is 32.2. The summed E-state index contributed by atoms with van der Waals surface area (Å²) in [5.41, 5.74) is 7.22. The lowest BCUT2D eigenvalue weighted by Crippen LogP contribution is -2.31. The molecule has 0 unspecified atom stereocenters. The number of amides is 2. The normalized spacial score (nSPS) is 11.7. The first kappa shape index (κ1) is 21.5. The number of urea groups is 1. The van der Waals surface area contributed by atoms with Gasteiger partial charge in [0.1, 0.15) is 11.5 Å². The second-order valence-electron chi connectivity index (χ2n) is 6.15. The van der Waals surface area contributed by atoms with Crippen LogP contribution in [0.5, 0.6) is 11.5 Å². The fourth-order valence-electron chi connectivity index (χ4n) is 2.46. The molecular formula is C17H20N2O7S2. The first-order chi connectivity index (χ1) is 12.8. The predicted octanol–water partition coefficient (Wildman–Crippen LogP) is 2.20. The van der Waals surface area contributed by atoms with Crippen LogP contribution in [0.4, 0.5) is 16.2 Å². The Morgan fingerprint density at radius 1 is 0.821 bits per heavy atom. The third-order valence-corrected chi connectivity index (χ3v) is 4.50. The largest absolute Gasteiger partial charge is 0.382 e. The number of rotatable bonds is 6. The SMILES string of the molecule is Cc1cc(N(C(N)=O)c2ccc(OS(C)(=O)=O)c(C)c2)ccc1OS(C)(=O)=O. The summed E-state index contributed by atoms with van der Waals surface area (Å²) >= 11 is 0. The standard InChI is InChI=1S/C17H20N2O7S2/c1-11-9-13(5-7-15(11)25-27(3,21)22)19(17(18)20)14-6-8-16(12(2)10-14)26-28(4,23)24/h5-10H,1-4H3,(H2,18,20). The van der Waals surface area contributed by atoms with Crippen LogP contribution < -0.4 is 19.0 Å². The molecule has 152 valence electrons. The van der Waals surface area contributed by atoms with Crippen molar-refractivity contribution in [2.45, 2.75) is 13.8 Å². The number of primary amides is 1. The first-order valence-electron chi connectivity index (χ1n) is 7.86. The van der Waals surface area contributed by atoms with Crippen molar-refractivity contribution in [3.63, 3.8) is 0 Å². The van der Waals surface area contributed by atoms with Crippen LogP contribution in [0.25, 0.3) is 0 Å². The second-order valence-corrected chi connectivity index (χ2v) is 9.30. The Morgan fingerprint density at radius 2 is 1.18 bits per heavy atom. The van der Waals surface area contributed by atoms with Gasteiger partial charge in [0.15, 0.2) is 0 Å². The fourth-order valence-corrected chi connectivity index (χ4v) is 3.49. The number of benzene rings is 2. The second kappa shape index (κ2) is 7.68. The third-order valence-electron chi connectivity index (χ3n) is 3.54. The van der Waals surface area contributed by atoms with Crippen LogP contribution in [-0.2, 0) is 20.2 Å². The van der Waals surface area contributed by atoms with Crippen LogP contribution in [0.3, 0.4) is 0 Å². The molecule has 0 atom stereocenters. The van der Waals surface area contributed by atoms with Crippen LogP contribution in [0.2, 0.25) is 0 Å². The Balaban J connectivity index is 2.45. The van der Waals surface area contributed by atoms with Crippen molar-refractivity contribution in [2.24, 2.45) is 5.73 Å². The maximum absolute atomic E-state index is 12.0. The van der Waals surface area contributed by atoms with Crippen LogP contribution in [0.1, 0.15) is 11.1 Å². The first-order valence-corrected chi connectivity index (χ1v) is 11.5. The average molecular weight is 428 g/mol. The highest BCUT2D eigenvalue weighted by Gasteiger charge is 2.19. The molecule has 0 aliphatic carbocycles. The monoisotopic (exact) mass is 428 g/mol. The number of aryl methyl sites for hydroxylation is 2. The molecule has 2 rings (SSSR count). The zero-order chi connectivity index (χ0) is 21.3. The zero-order valence-corrected chi connectivity index (χ0v) is 17.3. The van der Waals surface area contributed by atoms with Gasteiger partial charge in [0.05, 0.1) is 23.9 Å². The van der Waals surface area contributed by atoms with E-state index in [0.29, 0.717) is 22.5 Å². The summed E-state index contributed by atoms with van der Waals surface area (Å²) in [6.45, 7) is 3.25. The average Bonchev–Trinajstić information content (AvgIpc) is 2.50. The molecule has 0 radical (unpaired) electrons. The summed E-state index contributed by atoms with van der Waals surface area (Å²) in [6.07, 6.45) is 1.86. The molecular weight excluding hydrogens is 408 g/mol. The van der Waals surface area contributed by atoms with Gasteiger partial charge in [0, 0.05) is 0 Å². The van der Waals surface area contributed by atoms with E-state index < -0.39 is 26.3 Å². The van der Waals surface area contributed by atoms with E-state index in [4.69, 9.17) is 14.1 Å². The van der Waals surface area contributed by atoms with Gasteiger partial charge in [-0.25, -0.2) is 4.79 Å². The number of hydrogen-bond donors (Lipinski definition) is 1. The smallest absolute Gasteiger partial charge is 0.323 e. The maximum Gasteiger partial charge on any atom is 0.323 e. The molecule has 28 heavy (non-hydrogen) atoms. The molecule has 0 aliphatic rings. The zero-order valence-electron chi connectivity index (χ0n) is 15.7. The number of anilines is 2. The van der Waals surface area contributed by atoms with Crippen molar-refractivity contribution >= 4 is 37.6 Å². The molecule has 9 nitrogen and oxygen atoms in total. The molecule has 0 heterocycles. The molecule has 0 aliphatic heterocycles. The van der Waals surface area contributed by atoms with Gasteiger partial charge in [0.25, 0.3) is 0 Å². The maximum atomic E-state index is 12.0. The van der Waals surface area contributed by atoms with Gasteiger partial charge >= 0.3 is 26.3 Å². The van der Waals surface area contributed by atoms with Crippen LogP contribution in [0.15, 0.2) is 36.4 Å². The molecule has 0 bridgehead atoms. The highest BCUT2D eigenvalue weighted by Crippen LogP contribution is 2.33. The minimum absolute atomic E-state index is 0.128. The topological polar surface area (TPSA) is 133 Å². The van der Waals surface area contributed by atoms with Gasteiger partial charge in [-0.2, -0.15) is 16.8 Å². The number of carbonyl (C=O) groups excluding carboxylic acids is 1. The fraction of sp³-hybridized carbons (Fsp3) is 0.235. The summed E-state index contributed by atoms with van der Waals surface area (Å²) in [7, 11) is -7.39. The molecule has 0 saturated carbocycles. The molecule has 0 fully saturated rings. The quantitative estimate of drug-likeness (QED) is 0.697. The van der Waals surface area contributed by atoms with Crippen molar-refractivity contribution in [3.05, 3.63) is 47.5 Å². The Kier molecular flexibility index (Phi) is 5.90. The molecule has 2 amide bonds. The third kappa shape index (κ3) is 5.60. The van der Waals surface area contributed by atoms with Gasteiger partial charge in [-0.1, -0.05) is 0 Å². The molecule has 2 aromatic carbocycles. The Hall–Kier alpha value is -2.79. The minimum Gasteiger partial charge on any atom is -0.382 e. The molecule has 0 spiro atoms. The molecule has 11 heteroatoms. The predicted molar refractivity (Wildman–Crippen MR) is 105 cm³/mol. The van der Waals surface area contributed by atoms with Gasteiger partial charge in [-0.3, -0.25) is 4.90 Å². The van der Waals surface area contributed by atoms with Gasteiger partial charge in [0.2, 0.25) is 0 Å².